The van der Waals surface area contributed by atoms with Crippen molar-refractivity contribution in [2.24, 2.45) is 0 Å². The van der Waals surface area contributed by atoms with Crippen LogP contribution in [0.1, 0.15) is 11.3 Å². The highest BCUT2D eigenvalue weighted by Crippen LogP contribution is 2.25. The molecule has 4 nitrogen and oxygen atoms in total. The number of carbonyl (C=O) groups is 1. The third-order valence-corrected chi connectivity index (χ3v) is 3.34. The molecule has 0 spiro atoms. The zero-order valence-corrected chi connectivity index (χ0v) is 12.3. The first-order chi connectivity index (χ1) is 11.2. The number of fused-ring (bicyclic) bond motifs is 1. The van der Waals surface area contributed by atoms with Gasteiger partial charge in [0.1, 0.15) is 17.9 Å². The third-order valence-electron chi connectivity index (χ3n) is 3.34. The molecule has 1 heterocycles. The van der Waals surface area contributed by atoms with Crippen LogP contribution >= 0.6 is 0 Å². The van der Waals surface area contributed by atoms with Crippen molar-refractivity contribution >= 4 is 22.9 Å². The summed E-state index contributed by atoms with van der Waals surface area (Å²) in [5.41, 5.74) is 2.37. The summed E-state index contributed by atoms with van der Waals surface area (Å²) in [4.78, 5) is 15.1. The number of benzene rings is 2. The molecule has 0 aliphatic carbocycles. The fourth-order valence-electron chi connectivity index (χ4n) is 2.24. The predicted octanol–water partition coefficient (Wildman–Crippen LogP) is 3.91. The molecule has 1 N–H and O–H groups in total. The van der Waals surface area contributed by atoms with Gasteiger partial charge >= 0.3 is 5.97 Å². The van der Waals surface area contributed by atoms with Crippen LogP contribution in [0.3, 0.4) is 0 Å². The maximum Gasteiger partial charge on any atom is 0.328 e. The molecular weight excluding hydrogens is 290 g/mol. The van der Waals surface area contributed by atoms with Gasteiger partial charge in [0.2, 0.25) is 0 Å². The van der Waals surface area contributed by atoms with Crippen molar-refractivity contribution in [3.63, 3.8) is 0 Å². The average molecular weight is 305 g/mol. The van der Waals surface area contributed by atoms with Crippen LogP contribution < -0.4 is 4.74 Å². The Morgan fingerprint density at radius 2 is 1.87 bits per heavy atom. The Balaban J connectivity index is 1.89. The quantitative estimate of drug-likeness (QED) is 0.726. The number of aromatic nitrogens is 1. The van der Waals surface area contributed by atoms with E-state index < -0.39 is 5.97 Å². The second-order valence-electron chi connectivity index (χ2n) is 5.01. The Hall–Kier alpha value is -3.14. The first-order valence-corrected chi connectivity index (χ1v) is 7.20. The number of carboxylic acids is 1. The molecule has 1 aromatic heterocycles. The van der Waals surface area contributed by atoms with Gasteiger partial charge in [0.25, 0.3) is 0 Å². The third kappa shape index (κ3) is 3.74. The van der Waals surface area contributed by atoms with E-state index in [1.165, 1.54) is 6.08 Å². The summed E-state index contributed by atoms with van der Waals surface area (Å²) >= 11 is 0. The lowest BCUT2D eigenvalue weighted by Crippen LogP contribution is -1.97. The van der Waals surface area contributed by atoms with Crippen molar-refractivity contribution in [2.75, 3.05) is 0 Å². The van der Waals surface area contributed by atoms with Crippen LogP contribution in [0.2, 0.25) is 0 Å². The fraction of sp³-hybridized carbons (Fsp3) is 0.0526. The minimum Gasteiger partial charge on any atom is -0.487 e. The number of nitrogens with zero attached hydrogens (tertiary/aromatic N) is 1. The number of para-hydroxylation sites is 1. The van der Waals surface area contributed by atoms with Gasteiger partial charge in [-0.2, -0.15) is 0 Å². The lowest BCUT2D eigenvalue weighted by Gasteiger charge is -2.09. The van der Waals surface area contributed by atoms with Gasteiger partial charge in [-0.3, -0.25) is 0 Å². The number of hydrogen-bond donors (Lipinski definition) is 1. The molecule has 0 bridgehead atoms. The highest BCUT2D eigenvalue weighted by atomic mass is 16.5. The van der Waals surface area contributed by atoms with E-state index in [9.17, 15) is 4.79 Å². The zero-order valence-electron chi connectivity index (χ0n) is 12.3. The molecule has 3 rings (SSSR count). The molecule has 2 aromatic carbocycles. The molecular formula is C19H15NO3. The number of aliphatic carboxylic acids is 1. The first-order valence-electron chi connectivity index (χ1n) is 7.20. The van der Waals surface area contributed by atoms with Gasteiger partial charge < -0.3 is 9.84 Å². The fourth-order valence-corrected chi connectivity index (χ4v) is 2.24. The summed E-state index contributed by atoms with van der Waals surface area (Å²) < 4.78 is 5.88. The van der Waals surface area contributed by atoms with E-state index in [0.717, 1.165) is 22.5 Å². The average Bonchev–Trinajstić information content (AvgIpc) is 2.59. The van der Waals surface area contributed by atoms with Crippen LogP contribution in [0.25, 0.3) is 17.0 Å². The highest BCUT2D eigenvalue weighted by molar-refractivity contribution is 5.88. The van der Waals surface area contributed by atoms with Crippen molar-refractivity contribution in [1.29, 1.82) is 0 Å². The Labute approximate surface area is 133 Å². The second kappa shape index (κ2) is 6.75. The molecule has 114 valence electrons. The van der Waals surface area contributed by atoms with Crippen LogP contribution in [0.5, 0.6) is 5.75 Å². The molecule has 3 aromatic rings. The van der Waals surface area contributed by atoms with E-state index >= 15 is 0 Å². The highest BCUT2D eigenvalue weighted by Gasteiger charge is 2.05. The standard InChI is InChI=1S/C19H15NO3/c21-18(22)12-11-16-10-9-15-7-4-8-17(19(15)20-16)23-13-14-5-2-1-3-6-14/h1-12H,13H2,(H,21,22). The molecule has 23 heavy (non-hydrogen) atoms. The van der Waals surface area contributed by atoms with Crippen LogP contribution in [0, 0.1) is 0 Å². The minimum absolute atomic E-state index is 0.455. The van der Waals surface area contributed by atoms with Crippen LogP contribution in [-0.4, -0.2) is 16.1 Å². The summed E-state index contributed by atoms with van der Waals surface area (Å²) in [6.07, 6.45) is 2.54. The van der Waals surface area contributed by atoms with E-state index in [2.05, 4.69) is 4.98 Å². The first kappa shape index (κ1) is 14.8. The summed E-state index contributed by atoms with van der Waals surface area (Å²) in [5, 5.41) is 9.66. The maximum absolute atomic E-state index is 10.6. The van der Waals surface area contributed by atoms with Crippen LogP contribution in [0.4, 0.5) is 0 Å². The van der Waals surface area contributed by atoms with E-state index in [1.807, 2.05) is 54.6 Å². The molecule has 0 aliphatic rings. The van der Waals surface area contributed by atoms with Gasteiger partial charge in [-0.05, 0) is 23.8 Å². The van der Waals surface area contributed by atoms with Gasteiger partial charge in [0, 0.05) is 11.5 Å². The number of pyridine rings is 1. The lowest BCUT2D eigenvalue weighted by atomic mass is 10.2. The van der Waals surface area contributed by atoms with E-state index in [0.29, 0.717) is 18.1 Å². The predicted molar refractivity (Wildman–Crippen MR) is 89.2 cm³/mol. The lowest BCUT2D eigenvalue weighted by molar-refractivity contribution is -0.131. The van der Waals surface area contributed by atoms with Crippen LogP contribution in [0.15, 0.2) is 66.7 Å². The Morgan fingerprint density at radius 1 is 1.04 bits per heavy atom. The maximum atomic E-state index is 10.6. The largest absolute Gasteiger partial charge is 0.487 e. The van der Waals surface area contributed by atoms with Gasteiger partial charge in [0.15, 0.2) is 0 Å². The molecule has 0 fully saturated rings. The molecule has 0 atom stereocenters. The zero-order chi connectivity index (χ0) is 16.1. The SMILES string of the molecule is O=C(O)C=Cc1ccc2cccc(OCc3ccccc3)c2n1. The molecule has 0 saturated heterocycles. The number of ether oxygens (including phenoxy) is 1. The van der Waals surface area contributed by atoms with E-state index in [1.54, 1.807) is 6.07 Å². The smallest absolute Gasteiger partial charge is 0.328 e. The molecule has 0 saturated carbocycles. The minimum atomic E-state index is -1.000. The molecule has 0 unspecified atom stereocenters. The Morgan fingerprint density at radius 3 is 2.65 bits per heavy atom. The summed E-state index contributed by atoms with van der Waals surface area (Å²) in [6, 6.07) is 19.3. The monoisotopic (exact) mass is 305 g/mol. The van der Waals surface area contributed by atoms with Crippen molar-refractivity contribution in [2.45, 2.75) is 6.61 Å². The number of carboxylic acid groups (broad SMARTS) is 1. The summed E-state index contributed by atoms with van der Waals surface area (Å²) in [7, 11) is 0. The summed E-state index contributed by atoms with van der Waals surface area (Å²) in [5.74, 6) is -0.322. The molecule has 0 amide bonds. The van der Waals surface area contributed by atoms with Gasteiger partial charge in [-0.15, -0.1) is 0 Å². The second-order valence-corrected chi connectivity index (χ2v) is 5.01. The van der Waals surface area contributed by atoms with Gasteiger partial charge in [0.05, 0.1) is 5.69 Å². The van der Waals surface area contributed by atoms with E-state index in [-0.39, 0.29) is 0 Å². The van der Waals surface area contributed by atoms with Gasteiger partial charge in [-0.1, -0.05) is 48.5 Å². The Kier molecular flexibility index (Phi) is 4.34. The summed E-state index contributed by atoms with van der Waals surface area (Å²) in [6.45, 7) is 0.455. The van der Waals surface area contributed by atoms with Crippen molar-refractivity contribution in [3.8, 4) is 5.75 Å². The number of rotatable bonds is 5. The molecule has 0 radical (unpaired) electrons. The van der Waals surface area contributed by atoms with Gasteiger partial charge in [-0.25, -0.2) is 9.78 Å². The van der Waals surface area contributed by atoms with Crippen molar-refractivity contribution in [1.82, 2.24) is 4.98 Å². The Bertz CT molecular complexity index is 857. The molecule has 0 aliphatic heterocycles. The molecule has 4 heteroatoms. The van der Waals surface area contributed by atoms with Crippen molar-refractivity contribution < 1.29 is 14.6 Å². The van der Waals surface area contributed by atoms with Crippen molar-refractivity contribution in [3.05, 3.63) is 78.0 Å². The topological polar surface area (TPSA) is 59.4 Å². The number of hydrogen-bond acceptors (Lipinski definition) is 3. The van der Waals surface area contributed by atoms with E-state index in [4.69, 9.17) is 9.84 Å². The van der Waals surface area contributed by atoms with Crippen LogP contribution in [-0.2, 0) is 11.4 Å². The normalized spacial score (nSPS) is 11.0.